The molecule has 0 bridgehead atoms. The zero-order valence-corrected chi connectivity index (χ0v) is 21.0. The molecule has 0 aromatic heterocycles. The van der Waals surface area contributed by atoms with Crippen molar-refractivity contribution in [3.8, 4) is 22.6 Å². The molecule has 190 valence electrons. The first-order valence-corrected chi connectivity index (χ1v) is 12.4. The van der Waals surface area contributed by atoms with E-state index in [1.807, 2.05) is 12.1 Å². The van der Waals surface area contributed by atoms with Gasteiger partial charge in [-0.1, -0.05) is 30.3 Å². The van der Waals surface area contributed by atoms with Crippen LogP contribution in [0, 0.1) is 5.82 Å². The minimum absolute atomic E-state index is 0.0999. The number of carbonyl (C=O) groups excluding carboxylic acids is 1. The number of rotatable bonds is 10. The summed E-state index contributed by atoms with van der Waals surface area (Å²) in [5.41, 5.74) is 2.98. The summed E-state index contributed by atoms with van der Waals surface area (Å²) in [6, 6.07) is 19.7. The molecule has 0 atom stereocenters. The molecule has 0 unspecified atom stereocenters. The smallest absolute Gasteiger partial charge is 0.251 e. The summed E-state index contributed by atoms with van der Waals surface area (Å²) in [7, 11) is 3.35. The molecule has 1 heterocycles. The predicted octanol–water partition coefficient (Wildman–Crippen LogP) is 4.84. The van der Waals surface area contributed by atoms with Crippen LogP contribution in [0.15, 0.2) is 66.7 Å². The highest BCUT2D eigenvalue weighted by atomic mass is 19.1. The van der Waals surface area contributed by atoms with Crippen molar-refractivity contribution in [1.29, 1.82) is 0 Å². The van der Waals surface area contributed by atoms with Crippen molar-refractivity contribution in [3.63, 3.8) is 0 Å². The Hall–Kier alpha value is -3.58. The molecule has 7 heteroatoms. The van der Waals surface area contributed by atoms with Crippen LogP contribution in [0.5, 0.6) is 11.5 Å². The van der Waals surface area contributed by atoms with Crippen molar-refractivity contribution in [2.45, 2.75) is 12.8 Å². The van der Waals surface area contributed by atoms with E-state index in [0.29, 0.717) is 17.7 Å². The molecule has 4 rings (SSSR count). The first-order valence-electron chi connectivity index (χ1n) is 12.4. The summed E-state index contributed by atoms with van der Waals surface area (Å²) in [5.74, 6) is 1.26. The van der Waals surface area contributed by atoms with E-state index in [1.54, 1.807) is 56.7 Å². The Labute approximate surface area is 212 Å². The molecule has 6 nitrogen and oxygen atoms in total. The number of benzene rings is 3. The summed E-state index contributed by atoms with van der Waals surface area (Å²) in [6.45, 7) is 5.54. The third kappa shape index (κ3) is 6.34. The highest BCUT2D eigenvalue weighted by Gasteiger charge is 2.20. The molecule has 1 saturated heterocycles. The van der Waals surface area contributed by atoms with Crippen LogP contribution < -0.4 is 19.7 Å². The molecule has 0 radical (unpaired) electrons. The van der Waals surface area contributed by atoms with Gasteiger partial charge in [0.05, 0.1) is 19.9 Å². The summed E-state index contributed by atoms with van der Waals surface area (Å²) in [5, 5.41) is 2.99. The van der Waals surface area contributed by atoms with Gasteiger partial charge in [-0.25, -0.2) is 4.39 Å². The molecular formula is C29H34FN3O3. The van der Waals surface area contributed by atoms with Gasteiger partial charge in [-0.2, -0.15) is 0 Å². The molecule has 3 aromatic carbocycles. The summed E-state index contributed by atoms with van der Waals surface area (Å²) >= 11 is 0. The minimum Gasteiger partial charge on any atom is -0.497 e. The lowest BCUT2D eigenvalue weighted by molar-refractivity contribution is 0.0952. The monoisotopic (exact) mass is 491 g/mol. The van der Waals surface area contributed by atoms with Gasteiger partial charge in [0.25, 0.3) is 5.91 Å². The number of hydrogen-bond acceptors (Lipinski definition) is 5. The topological polar surface area (TPSA) is 54.0 Å². The van der Waals surface area contributed by atoms with Crippen molar-refractivity contribution < 1.29 is 18.7 Å². The van der Waals surface area contributed by atoms with Gasteiger partial charge in [0.1, 0.15) is 17.3 Å². The molecule has 0 spiro atoms. The molecule has 1 N–H and O–H groups in total. The average Bonchev–Trinajstić information content (AvgIpc) is 2.93. The second-order valence-electron chi connectivity index (χ2n) is 8.89. The number of piperazine rings is 1. The lowest BCUT2D eigenvalue weighted by Gasteiger charge is -2.36. The number of nitrogens with one attached hydrogen (secondary N) is 1. The Morgan fingerprint density at radius 3 is 2.36 bits per heavy atom. The van der Waals surface area contributed by atoms with Gasteiger partial charge in [0, 0.05) is 49.9 Å². The molecule has 1 aliphatic heterocycles. The molecule has 3 aromatic rings. The Kier molecular flexibility index (Phi) is 8.79. The average molecular weight is 492 g/mol. The van der Waals surface area contributed by atoms with E-state index in [-0.39, 0.29) is 11.7 Å². The fourth-order valence-electron chi connectivity index (χ4n) is 4.52. The maximum atomic E-state index is 14.0. The normalized spacial score (nSPS) is 13.9. The van der Waals surface area contributed by atoms with Crippen molar-refractivity contribution in [3.05, 3.63) is 78.1 Å². The van der Waals surface area contributed by atoms with Crippen LogP contribution in [0.25, 0.3) is 11.1 Å². The second-order valence-corrected chi connectivity index (χ2v) is 8.89. The molecule has 1 amide bonds. The van der Waals surface area contributed by atoms with Crippen LogP contribution in [0.4, 0.5) is 10.1 Å². The van der Waals surface area contributed by atoms with Crippen LogP contribution in [0.3, 0.4) is 0 Å². The summed E-state index contributed by atoms with van der Waals surface area (Å²) in [6.07, 6.45) is 1.95. The van der Waals surface area contributed by atoms with Crippen LogP contribution >= 0.6 is 0 Å². The van der Waals surface area contributed by atoms with Crippen molar-refractivity contribution in [2.24, 2.45) is 0 Å². The largest absolute Gasteiger partial charge is 0.497 e. The summed E-state index contributed by atoms with van der Waals surface area (Å²) in [4.78, 5) is 17.3. The molecule has 0 aliphatic carbocycles. The summed E-state index contributed by atoms with van der Waals surface area (Å²) < 4.78 is 24.8. The second kappa shape index (κ2) is 12.4. The zero-order valence-electron chi connectivity index (χ0n) is 21.0. The molecule has 0 saturated carbocycles. The molecule has 36 heavy (non-hydrogen) atoms. The van der Waals surface area contributed by atoms with E-state index in [4.69, 9.17) is 9.47 Å². The number of carbonyl (C=O) groups is 1. The first-order chi connectivity index (χ1) is 17.6. The van der Waals surface area contributed by atoms with Gasteiger partial charge >= 0.3 is 0 Å². The van der Waals surface area contributed by atoms with E-state index in [9.17, 15) is 9.18 Å². The van der Waals surface area contributed by atoms with Gasteiger partial charge in [0.15, 0.2) is 0 Å². The third-order valence-corrected chi connectivity index (χ3v) is 6.62. The maximum absolute atomic E-state index is 14.0. The Morgan fingerprint density at radius 1 is 0.917 bits per heavy atom. The number of unbranched alkanes of at least 4 members (excludes halogenated alkanes) is 1. The van der Waals surface area contributed by atoms with E-state index >= 15 is 0 Å². The number of nitrogens with zero attached hydrogens (tertiary/aromatic N) is 2. The van der Waals surface area contributed by atoms with Gasteiger partial charge in [0.2, 0.25) is 0 Å². The fourth-order valence-corrected chi connectivity index (χ4v) is 4.52. The number of ether oxygens (including phenoxy) is 2. The highest BCUT2D eigenvalue weighted by molar-refractivity contribution is 5.94. The van der Waals surface area contributed by atoms with Crippen molar-refractivity contribution >= 4 is 11.6 Å². The molecule has 1 aliphatic rings. The molecule has 1 fully saturated rings. The maximum Gasteiger partial charge on any atom is 0.251 e. The van der Waals surface area contributed by atoms with E-state index in [0.717, 1.165) is 68.3 Å². The lowest BCUT2D eigenvalue weighted by Crippen LogP contribution is -2.46. The van der Waals surface area contributed by atoms with Crippen LogP contribution in [0.1, 0.15) is 23.2 Å². The van der Waals surface area contributed by atoms with Crippen molar-refractivity contribution in [1.82, 2.24) is 10.2 Å². The number of amides is 1. The lowest BCUT2D eigenvalue weighted by atomic mass is 10.0. The van der Waals surface area contributed by atoms with E-state index in [2.05, 4.69) is 21.2 Å². The SMILES string of the molecule is COc1ccc(N2CCN(CCCCNC(=O)c3ccc(-c4ccccc4F)cc3)CC2)c(OC)c1. The van der Waals surface area contributed by atoms with Crippen LogP contribution in [-0.2, 0) is 0 Å². The Bertz CT molecular complexity index is 1140. The Balaban J connectivity index is 1.16. The number of methoxy groups -OCH3 is 2. The number of halogens is 1. The van der Waals surface area contributed by atoms with Gasteiger partial charge < -0.3 is 19.7 Å². The minimum atomic E-state index is -0.267. The predicted molar refractivity (Wildman–Crippen MR) is 142 cm³/mol. The number of hydrogen-bond donors (Lipinski definition) is 1. The molecular weight excluding hydrogens is 457 g/mol. The highest BCUT2D eigenvalue weighted by Crippen LogP contribution is 2.32. The number of anilines is 1. The van der Waals surface area contributed by atoms with Gasteiger partial charge in [-0.05, 0) is 55.3 Å². The fraction of sp³-hybridized carbons (Fsp3) is 0.345. The van der Waals surface area contributed by atoms with E-state index in [1.165, 1.54) is 6.07 Å². The quantitative estimate of drug-likeness (QED) is 0.411. The van der Waals surface area contributed by atoms with E-state index < -0.39 is 0 Å². The third-order valence-electron chi connectivity index (χ3n) is 6.62. The first kappa shape index (κ1) is 25.5. The van der Waals surface area contributed by atoms with Gasteiger partial charge in [-0.3, -0.25) is 9.69 Å². The van der Waals surface area contributed by atoms with Crippen molar-refractivity contribution in [2.75, 3.05) is 58.4 Å². The zero-order chi connectivity index (χ0) is 25.3. The standard InChI is InChI=1S/C29H34FN3O3/c1-35-24-13-14-27(28(21-24)36-2)33-19-17-32(18-20-33)16-6-5-15-31-29(34)23-11-9-22(10-12-23)25-7-3-4-8-26(25)30/h3-4,7-14,21H,5-6,15-20H2,1-2H3,(H,31,34). The van der Waals surface area contributed by atoms with Crippen LogP contribution in [-0.4, -0.2) is 64.3 Å². The van der Waals surface area contributed by atoms with Gasteiger partial charge in [-0.15, -0.1) is 0 Å². The Morgan fingerprint density at radius 2 is 1.67 bits per heavy atom. The van der Waals surface area contributed by atoms with Crippen LogP contribution in [0.2, 0.25) is 0 Å².